The zero-order valence-corrected chi connectivity index (χ0v) is 28.8. The lowest BCUT2D eigenvalue weighted by atomic mass is 10.0. The summed E-state index contributed by atoms with van der Waals surface area (Å²) in [6, 6.07) is 20.2. The molecule has 1 aliphatic heterocycles. The molecule has 266 valence electrons. The summed E-state index contributed by atoms with van der Waals surface area (Å²) in [5.74, 6) is -1.64. The molecule has 0 radical (unpaired) electrons. The molecule has 5 amide bonds. The lowest BCUT2D eigenvalue weighted by molar-refractivity contribution is -0.133. The van der Waals surface area contributed by atoms with Crippen molar-refractivity contribution in [2.45, 2.75) is 64.1 Å². The minimum atomic E-state index is -1.26. The first-order chi connectivity index (χ1) is 24.1. The third-order valence-electron chi connectivity index (χ3n) is 8.17. The molecular formula is C38H47N5O7. The molecule has 3 atom stereocenters. The number of fused-ring (bicyclic) bond motifs is 1. The van der Waals surface area contributed by atoms with E-state index in [1.165, 1.54) is 0 Å². The number of amides is 5. The summed E-state index contributed by atoms with van der Waals surface area (Å²) < 4.78 is 11.1. The number of rotatable bonds is 9. The normalized spacial score (nSPS) is 19.3. The maximum absolute atomic E-state index is 13.7. The van der Waals surface area contributed by atoms with Crippen molar-refractivity contribution < 1.29 is 33.4 Å². The topological polar surface area (TPSA) is 164 Å². The third kappa shape index (κ3) is 11.6. The van der Waals surface area contributed by atoms with Crippen LogP contribution in [-0.2, 0) is 32.0 Å². The Balaban J connectivity index is 1.57. The van der Waals surface area contributed by atoms with E-state index in [-0.39, 0.29) is 49.9 Å². The van der Waals surface area contributed by atoms with E-state index in [0.717, 1.165) is 11.1 Å². The number of benzene rings is 3. The quantitative estimate of drug-likeness (QED) is 0.231. The van der Waals surface area contributed by atoms with Crippen molar-refractivity contribution in [1.82, 2.24) is 26.6 Å². The largest absolute Gasteiger partial charge is 0.497 e. The molecule has 4 rings (SSSR count). The Kier molecular flexibility index (Phi) is 14.2. The summed E-state index contributed by atoms with van der Waals surface area (Å²) in [4.78, 5) is 67.6. The van der Waals surface area contributed by atoms with E-state index in [1.807, 2.05) is 68.4 Å². The van der Waals surface area contributed by atoms with E-state index in [4.69, 9.17) is 9.47 Å². The summed E-state index contributed by atoms with van der Waals surface area (Å²) in [7, 11) is 1.58. The molecule has 0 bridgehead atoms. The minimum absolute atomic E-state index is 0.0126. The van der Waals surface area contributed by atoms with Gasteiger partial charge >= 0.3 is 0 Å². The van der Waals surface area contributed by atoms with Crippen molar-refractivity contribution in [3.05, 3.63) is 95.6 Å². The van der Waals surface area contributed by atoms with E-state index in [1.54, 1.807) is 31.4 Å². The number of para-hydroxylation sites is 1. The number of nitrogens with one attached hydrogen (secondary N) is 5. The lowest BCUT2D eigenvalue weighted by Gasteiger charge is -2.25. The molecule has 3 aromatic rings. The second-order valence-corrected chi connectivity index (χ2v) is 12.6. The highest BCUT2D eigenvalue weighted by Gasteiger charge is 2.31. The molecule has 0 aliphatic carbocycles. The van der Waals surface area contributed by atoms with Gasteiger partial charge in [-0.3, -0.25) is 24.0 Å². The standard InChI is InChI=1S/C38H47N5O7/c1-25(2)22-30-38(48)43-31(23-27-10-5-4-6-11-27)36(46)39-19-9-21-50-33-13-8-7-12-29(33)35(45)42-32(24-34(44)41-30)37(47)40-20-18-26-14-16-28(49-3)17-15-26/h4-8,10-17,25,30-32H,9,18-24H2,1-3H3,(H,39,46)(H,40,47)(H,41,44)(H,42,45)(H,43,48)/t30-,31+,32+/m1/s1. The van der Waals surface area contributed by atoms with Crippen LogP contribution in [0.3, 0.4) is 0 Å². The first-order valence-electron chi connectivity index (χ1n) is 17.0. The Labute approximate surface area is 293 Å². The van der Waals surface area contributed by atoms with Gasteiger partial charge in [-0.2, -0.15) is 0 Å². The molecule has 50 heavy (non-hydrogen) atoms. The Morgan fingerprint density at radius 1 is 0.860 bits per heavy atom. The fourth-order valence-corrected chi connectivity index (χ4v) is 5.53. The molecule has 0 saturated carbocycles. The average Bonchev–Trinajstić information content (AvgIpc) is 3.10. The van der Waals surface area contributed by atoms with Crippen LogP contribution in [0, 0.1) is 5.92 Å². The van der Waals surface area contributed by atoms with Gasteiger partial charge in [0.05, 0.1) is 25.7 Å². The Hall–Kier alpha value is -5.39. The van der Waals surface area contributed by atoms with Gasteiger partial charge in [-0.1, -0.05) is 68.4 Å². The Bertz CT molecular complexity index is 1600. The molecule has 0 saturated heterocycles. The SMILES string of the molecule is COc1ccc(CCNC(=O)[C@@H]2CC(=O)N[C@H](CC(C)C)C(=O)N[C@@H](Cc3ccccc3)C(=O)NCCCOc3ccccc3C(=O)N2)cc1. The van der Waals surface area contributed by atoms with Gasteiger partial charge in [-0.25, -0.2) is 0 Å². The molecule has 12 nitrogen and oxygen atoms in total. The fraction of sp³-hybridized carbons (Fsp3) is 0.395. The van der Waals surface area contributed by atoms with Gasteiger partial charge in [0.1, 0.15) is 29.6 Å². The molecule has 0 spiro atoms. The summed E-state index contributed by atoms with van der Waals surface area (Å²) in [6.45, 7) is 4.53. The molecule has 0 fully saturated rings. The zero-order chi connectivity index (χ0) is 35.9. The highest BCUT2D eigenvalue weighted by Crippen LogP contribution is 2.19. The predicted molar refractivity (Wildman–Crippen MR) is 189 cm³/mol. The van der Waals surface area contributed by atoms with Gasteiger partial charge in [-0.15, -0.1) is 0 Å². The van der Waals surface area contributed by atoms with Crippen molar-refractivity contribution in [2.75, 3.05) is 26.8 Å². The van der Waals surface area contributed by atoms with Crippen molar-refractivity contribution in [1.29, 1.82) is 0 Å². The minimum Gasteiger partial charge on any atom is -0.497 e. The van der Waals surface area contributed by atoms with Crippen LogP contribution < -0.4 is 36.1 Å². The van der Waals surface area contributed by atoms with Crippen LogP contribution in [0.15, 0.2) is 78.9 Å². The number of hydrogen-bond donors (Lipinski definition) is 5. The first kappa shape index (κ1) is 37.4. The van der Waals surface area contributed by atoms with E-state index >= 15 is 0 Å². The summed E-state index contributed by atoms with van der Waals surface area (Å²) in [5.41, 5.74) is 2.01. The summed E-state index contributed by atoms with van der Waals surface area (Å²) in [5, 5.41) is 14.0. The summed E-state index contributed by atoms with van der Waals surface area (Å²) in [6.07, 6.45) is 1.04. The second-order valence-electron chi connectivity index (χ2n) is 12.6. The average molecular weight is 686 g/mol. The highest BCUT2D eigenvalue weighted by molar-refractivity contribution is 6.01. The first-order valence-corrected chi connectivity index (χ1v) is 17.0. The fourth-order valence-electron chi connectivity index (χ4n) is 5.53. The van der Waals surface area contributed by atoms with E-state index in [2.05, 4.69) is 26.6 Å². The maximum Gasteiger partial charge on any atom is 0.255 e. The Morgan fingerprint density at radius 2 is 1.58 bits per heavy atom. The molecular weight excluding hydrogens is 638 g/mol. The van der Waals surface area contributed by atoms with Gasteiger partial charge in [0, 0.05) is 19.5 Å². The maximum atomic E-state index is 13.7. The van der Waals surface area contributed by atoms with Crippen molar-refractivity contribution in [2.24, 2.45) is 5.92 Å². The van der Waals surface area contributed by atoms with E-state index < -0.39 is 48.2 Å². The second kappa shape index (κ2) is 19.0. The smallest absolute Gasteiger partial charge is 0.255 e. The van der Waals surface area contributed by atoms with Crippen LogP contribution in [0.1, 0.15) is 54.6 Å². The monoisotopic (exact) mass is 685 g/mol. The van der Waals surface area contributed by atoms with Crippen LogP contribution in [-0.4, -0.2) is 74.5 Å². The molecule has 0 aromatic heterocycles. The highest BCUT2D eigenvalue weighted by atomic mass is 16.5. The van der Waals surface area contributed by atoms with Crippen molar-refractivity contribution in [3.63, 3.8) is 0 Å². The van der Waals surface area contributed by atoms with Gasteiger partial charge in [0.2, 0.25) is 23.6 Å². The van der Waals surface area contributed by atoms with Crippen molar-refractivity contribution in [3.8, 4) is 11.5 Å². The molecule has 1 aliphatic rings. The van der Waals surface area contributed by atoms with Gasteiger partial charge in [-0.05, 0) is 60.6 Å². The lowest BCUT2D eigenvalue weighted by Crippen LogP contribution is -2.56. The van der Waals surface area contributed by atoms with Gasteiger partial charge in [0.15, 0.2) is 0 Å². The molecule has 1 heterocycles. The van der Waals surface area contributed by atoms with Gasteiger partial charge in [0.25, 0.3) is 5.91 Å². The van der Waals surface area contributed by atoms with E-state index in [0.29, 0.717) is 24.3 Å². The molecule has 5 N–H and O–H groups in total. The Morgan fingerprint density at radius 3 is 2.30 bits per heavy atom. The van der Waals surface area contributed by atoms with Crippen LogP contribution in [0.5, 0.6) is 11.5 Å². The zero-order valence-electron chi connectivity index (χ0n) is 28.8. The number of hydrogen-bond acceptors (Lipinski definition) is 7. The van der Waals surface area contributed by atoms with Crippen LogP contribution in [0.25, 0.3) is 0 Å². The van der Waals surface area contributed by atoms with E-state index in [9.17, 15) is 24.0 Å². The summed E-state index contributed by atoms with van der Waals surface area (Å²) >= 11 is 0. The number of methoxy groups -OCH3 is 1. The van der Waals surface area contributed by atoms with Crippen LogP contribution in [0.4, 0.5) is 0 Å². The van der Waals surface area contributed by atoms with Crippen molar-refractivity contribution >= 4 is 29.5 Å². The molecule has 3 aromatic carbocycles. The predicted octanol–water partition coefficient (Wildman–Crippen LogP) is 2.70. The number of ether oxygens (including phenoxy) is 2. The van der Waals surface area contributed by atoms with Crippen LogP contribution in [0.2, 0.25) is 0 Å². The van der Waals surface area contributed by atoms with Crippen LogP contribution >= 0.6 is 0 Å². The third-order valence-corrected chi connectivity index (χ3v) is 8.17. The molecule has 12 heteroatoms. The number of carbonyl (C=O) groups is 5. The van der Waals surface area contributed by atoms with Gasteiger partial charge < -0.3 is 36.1 Å². The molecule has 0 unspecified atom stereocenters. The number of carbonyl (C=O) groups excluding carboxylic acids is 5.